The molecule has 108 valence electrons. The van der Waals surface area contributed by atoms with Gasteiger partial charge in [0.05, 0.1) is 18.9 Å². The van der Waals surface area contributed by atoms with E-state index in [0.717, 1.165) is 11.3 Å². The molecule has 1 aromatic rings. The van der Waals surface area contributed by atoms with E-state index < -0.39 is 23.2 Å². The zero-order valence-electron chi connectivity index (χ0n) is 11.8. The molecule has 1 saturated carbocycles. The van der Waals surface area contributed by atoms with Crippen molar-refractivity contribution in [3.05, 3.63) is 29.8 Å². The van der Waals surface area contributed by atoms with Crippen molar-refractivity contribution in [3.8, 4) is 5.75 Å². The lowest BCUT2D eigenvalue weighted by atomic mass is 10.1. The van der Waals surface area contributed by atoms with Crippen LogP contribution in [0.3, 0.4) is 0 Å². The van der Waals surface area contributed by atoms with Crippen molar-refractivity contribution in [2.24, 2.45) is 17.3 Å². The third kappa shape index (κ3) is 2.61. The lowest BCUT2D eigenvalue weighted by molar-refractivity contribution is -0.140. The molecule has 2 N–H and O–H groups in total. The number of benzene rings is 1. The number of carboxylic acids is 1. The highest BCUT2D eigenvalue weighted by molar-refractivity contribution is 5.91. The van der Waals surface area contributed by atoms with Gasteiger partial charge >= 0.3 is 5.97 Å². The maximum atomic E-state index is 12.0. The molecule has 5 heteroatoms. The Hall–Kier alpha value is -2.04. The van der Waals surface area contributed by atoms with Crippen molar-refractivity contribution in [2.45, 2.75) is 20.4 Å². The number of carboxylic acid groups (broad SMARTS) is 1. The molecular formula is C15H19NO4. The molecular weight excluding hydrogens is 258 g/mol. The molecule has 5 nitrogen and oxygen atoms in total. The van der Waals surface area contributed by atoms with Gasteiger partial charge < -0.3 is 15.2 Å². The first-order valence-corrected chi connectivity index (χ1v) is 6.51. The summed E-state index contributed by atoms with van der Waals surface area (Å²) in [6.45, 7) is 4.01. The average molecular weight is 277 g/mol. The van der Waals surface area contributed by atoms with Gasteiger partial charge in [-0.05, 0) is 23.1 Å². The molecule has 0 bridgehead atoms. The third-order valence-corrected chi connectivity index (χ3v) is 4.00. The van der Waals surface area contributed by atoms with E-state index in [1.54, 1.807) is 7.11 Å². The molecule has 0 heterocycles. The van der Waals surface area contributed by atoms with Gasteiger partial charge in [-0.2, -0.15) is 0 Å². The number of nitrogens with one attached hydrogen (secondary N) is 1. The second-order valence-electron chi connectivity index (χ2n) is 5.68. The largest absolute Gasteiger partial charge is 0.497 e. The summed E-state index contributed by atoms with van der Waals surface area (Å²) in [6, 6.07) is 7.38. The van der Waals surface area contributed by atoms with Crippen molar-refractivity contribution < 1.29 is 19.4 Å². The summed E-state index contributed by atoms with van der Waals surface area (Å²) < 4.78 is 5.06. The Morgan fingerprint density at radius 3 is 2.30 bits per heavy atom. The molecule has 0 aliphatic heterocycles. The first-order valence-electron chi connectivity index (χ1n) is 6.51. The van der Waals surface area contributed by atoms with Crippen LogP contribution < -0.4 is 10.1 Å². The molecule has 0 spiro atoms. The number of carbonyl (C=O) groups is 2. The van der Waals surface area contributed by atoms with Gasteiger partial charge in [-0.1, -0.05) is 26.0 Å². The van der Waals surface area contributed by atoms with Crippen LogP contribution in [0.5, 0.6) is 5.75 Å². The lowest BCUT2D eigenvalue weighted by Gasteiger charge is -2.07. The summed E-state index contributed by atoms with van der Waals surface area (Å²) >= 11 is 0. The number of hydrogen-bond donors (Lipinski definition) is 2. The molecule has 0 radical (unpaired) electrons. The number of carbonyl (C=O) groups excluding carboxylic acids is 1. The molecule has 2 atom stereocenters. The summed E-state index contributed by atoms with van der Waals surface area (Å²) in [5.74, 6) is -1.37. The predicted octanol–water partition coefficient (Wildman–Crippen LogP) is 1.67. The number of ether oxygens (including phenoxy) is 1. The second kappa shape index (κ2) is 5.15. The molecule has 1 aliphatic carbocycles. The van der Waals surface area contributed by atoms with Crippen LogP contribution in [0, 0.1) is 17.3 Å². The van der Waals surface area contributed by atoms with Gasteiger partial charge in [-0.15, -0.1) is 0 Å². The maximum Gasteiger partial charge on any atom is 0.307 e. The van der Waals surface area contributed by atoms with Gasteiger partial charge in [0.2, 0.25) is 5.91 Å². The zero-order valence-corrected chi connectivity index (χ0v) is 11.8. The van der Waals surface area contributed by atoms with Crippen LogP contribution in [0.2, 0.25) is 0 Å². The van der Waals surface area contributed by atoms with E-state index in [9.17, 15) is 9.59 Å². The predicted molar refractivity (Wildman–Crippen MR) is 73.2 cm³/mol. The van der Waals surface area contributed by atoms with Gasteiger partial charge in [-0.3, -0.25) is 9.59 Å². The van der Waals surface area contributed by atoms with Crippen LogP contribution in [-0.4, -0.2) is 24.1 Å². The standard InChI is InChI=1S/C15H19NO4/c1-15(2)11(12(15)14(18)19)13(17)16-8-9-4-6-10(20-3)7-5-9/h4-7,11-12H,8H2,1-3H3,(H,16,17)(H,18,19)/t11-,12+/m1/s1. The molecule has 20 heavy (non-hydrogen) atoms. The second-order valence-corrected chi connectivity index (χ2v) is 5.68. The van der Waals surface area contributed by atoms with E-state index in [1.165, 1.54) is 0 Å². The van der Waals surface area contributed by atoms with E-state index >= 15 is 0 Å². The fraction of sp³-hybridized carbons (Fsp3) is 0.467. The van der Waals surface area contributed by atoms with Gasteiger partial charge in [0.1, 0.15) is 5.75 Å². The van der Waals surface area contributed by atoms with Crippen LogP contribution >= 0.6 is 0 Å². The van der Waals surface area contributed by atoms with E-state index in [2.05, 4.69) is 5.32 Å². The summed E-state index contributed by atoms with van der Waals surface area (Å²) in [5.41, 5.74) is 0.486. The molecule has 1 fully saturated rings. The average Bonchev–Trinajstić information content (AvgIpc) is 3.00. The molecule has 1 aliphatic rings. The molecule has 0 saturated heterocycles. The van der Waals surface area contributed by atoms with Gasteiger partial charge in [-0.25, -0.2) is 0 Å². The number of aliphatic carboxylic acids is 1. The molecule has 1 amide bonds. The summed E-state index contributed by atoms with van der Waals surface area (Å²) in [6.07, 6.45) is 0. The highest BCUT2D eigenvalue weighted by Gasteiger charge is 2.65. The van der Waals surface area contributed by atoms with Gasteiger partial charge in [0, 0.05) is 6.54 Å². The van der Waals surface area contributed by atoms with Crippen molar-refractivity contribution >= 4 is 11.9 Å². The maximum absolute atomic E-state index is 12.0. The smallest absolute Gasteiger partial charge is 0.307 e. The first-order chi connectivity index (χ1) is 9.37. The highest BCUT2D eigenvalue weighted by Crippen LogP contribution is 2.58. The lowest BCUT2D eigenvalue weighted by Crippen LogP contribution is -2.26. The Balaban J connectivity index is 1.91. The Labute approximate surface area is 117 Å². The van der Waals surface area contributed by atoms with Gasteiger partial charge in [0.15, 0.2) is 0 Å². The zero-order chi connectivity index (χ0) is 14.9. The minimum Gasteiger partial charge on any atom is -0.497 e. The Morgan fingerprint density at radius 1 is 1.25 bits per heavy atom. The van der Waals surface area contributed by atoms with Crippen molar-refractivity contribution in [1.82, 2.24) is 5.32 Å². The van der Waals surface area contributed by atoms with Crippen molar-refractivity contribution in [2.75, 3.05) is 7.11 Å². The van der Waals surface area contributed by atoms with E-state index in [1.807, 2.05) is 38.1 Å². The minimum atomic E-state index is -0.903. The Kier molecular flexibility index (Phi) is 3.70. The first kappa shape index (κ1) is 14.4. The Bertz CT molecular complexity index is 521. The number of hydrogen-bond acceptors (Lipinski definition) is 3. The summed E-state index contributed by atoms with van der Waals surface area (Å²) in [4.78, 5) is 23.1. The van der Waals surface area contributed by atoms with Crippen molar-refractivity contribution in [1.29, 1.82) is 0 Å². The fourth-order valence-electron chi connectivity index (χ4n) is 2.63. The normalized spacial score (nSPS) is 22.9. The van der Waals surface area contributed by atoms with Crippen LogP contribution in [-0.2, 0) is 16.1 Å². The Morgan fingerprint density at radius 2 is 1.85 bits per heavy atom. The summed E-state index contributed by atoms with van der Waals surface area (Å²) in [5, 5.41) is 11.9. The highest BCUT2D eigenvalue weighted by atomic mass is 16.5. The quantitative estimate of drug-likeness (QED) is 0.858. The van der Waals surface area contributed by atoms with Crippen LogP contribution in [0.15, 0.2) is 24.3 Å². The van der Waals surface area contributed by atoms with Crippen LogP contribution in [0.1, 0.15) is 19.4 Å². The number of amides is 1. The molecule has 0 aromatic heterocycles. The third-order valence-electron chi connectivity index (χ3n) is 4.00. The molecule has 2 rings (SSSR count). The van der Waals surface area contributed by atoms with E-state index in [4.69, 9.17) is 9.84 Å². The van der Waals surface area contributed by atoms with Crippen LogP contribution in [0.25, 0.3) is 0 Å². The fourth-order valence-corrected chi connectivity index (χ4v) is 2.63. The summed E-state index contributed by atoms with van der Waals surface area (Å²) in [7, 11) is 1.60. The monoisotopic (exact) mass is 277 g/mol. The van der Waals surface area contributed by atoms with Gasteiger partial charge in [0.25, 0.3) is 0 Å². The number of rotatable bonds is 5. The van der Waals surface area contributed by atoms with Crippen LogP contribution in [0.4, 0.5) is 0 Å². The van der Waals surface area contributed by atoms with E-state index in [-0.39, 0.29) is 5.91 Å². The minimum absolute atomic E-state index is 0.196. The molecule has 0 unspecified atom stereocenters. The number of methoxy groups -OCH3 is 1. The van der Waals surface area contributed by atoms with Crippen molar-refractivity contribution in [3.63, 3.8) is 0 Å². The molecule has 1 aromatic carbocycles. The SMILES string of the molecule is COc1ccc(CNC(=O)[C@H]2[C@@H](C(=O)O)C2(C)C)cc1. The topological polar surface area (TPSA) is 75.6 Å². The van der Waals surface area contributed by atoms with E-state index in [0.29, 0.717) is 6.54 Å².